The van der Waals surface area contributed by atoms with Crippen molar-refractivity contribution < 1.29 is 0 Å². The molecule has 100 valence electrons. The number of anilines is 1. The van der Waals surface area contributed by atoms with Crippen LogP contribution in [0.25, 0.3) is 0 Å². The average Bonchev–Trinajstić information content (AvgIpc) is 2.85. The molecule has 0 aromatic carbocycles. The lowest BCUT2D eigenvalue weighted by Crippen LogP contribution is -2.16. The molecule has 19 heavy (non-hydrogen) atoms. The molecule has 0 unspecified atom stereocenters. The smallest absolute Gasteiger partial charge is 0.132 e. The van der Waals surface area contributed by atoms with Gasteiger partial charge in [-0.1, -0.05) is 0 Å². The molecule has 0 aliphatic heterocycles. The second kappa shape index (κ2) is 5.38. The Balaban J connectivity index is 1.64. The summed E-state index contributed by atoms with van der Waals surface area (Å²) in [5.41, 5.74) is 3.73. The Morgan fingerprint density at radius 1 is 1.26 bits per heavy atom. The molecule has 5 heteroatoms. The van der Waals surface area contributed by atoms with Gasteiger partial charge in [-0.2, -0.15) is 5.10 Å². The van der Waals surface area contributed by atoms with Crippen molar-refractivity contribution in [3.63, 3.8) is 0 Å². The fraction of sp³-hybridized carbons (Fsp3) is 0.500. The maximum Gasteiger partial charge on any atom is 0.132 e. The Hall–Kier alpha value is -1.91. The highest BCUT2D eigenvalue weighted by atomic mass is 15.3. The largest absolute Gasteiger partial charge is 0.368 e. The number of aryl methyl sites for hydroxylation is 2. The monoisotopic (exact) mass is 257 g/mol. The van der Waals surface area contributed by atoms with Crippen LogP contribution in [0, 0.1) is 6.92 Å². The van der Waals surface area contributed by atoms with Gasteiger partial charge in [0.1, 0.15) is 12.1 Å². The van der Waals surface area contributed by atoms with E-state index in [-0.39, 0.29) is 0 Å². The van der Waals surface area contributed by atoms with Crippen molar-refractivity contribution in [2.75, 3.05) is 11.9 Å². The van der Waals surface area contributed by atoms with Gasteiger partial charge in [0.25, 0.3) is 0 Å². The molecule has 0 spiro atoms. The SMILES string of the molecule is Cc1cnn(CCNc2ncnc3c2CCCC3)c1. The van der Waals surface area contributed by atoms with Gasteiger partial charge in [-0.25, -0.2) is 9.97 Å². The van der Waals surface area contributed by atoms with Crippen molar-refractivity contribution in [3.8, 4) is 0 Å². The summed E-state index contributed by atoms with van der Waals surface area (Å²) in [7, 11) is 0. The first-order chi connectivity index (χ1) is 9.33. The number of rotatable bonds is 4. The van der Waals surface area contributed by atoms with Crippen molar-refractivity contribution in [2.24, 2.45) is 0 Å². The number of nitrogens with zero attached hydrogens (tertiary/aromatic N) is 4. The predicted octanol–water partition coefficient (Wildman–Crippen LogP) is 1.97. The Bertz CT molecular complexity index is 561. The number of hydrogen-bond donors (Lipinski definition) is 1. The molecule has 0 fully saturated rings. The standard InChI is InChI=1S/C14H19N5/c1-11-8-18-19(9-11)7-6-15-14-12-4-2-3-5-13(12)16-10-17-14/h8-10H,2-7H2,1H3,(H,15,16,17). The van der Waals surface area contributed by atoms with E-state index in [1.54, 1.807) is 6.33 Å². The van der Waals surface area contributed by atoms with Crippen LogP contribution >= 0.6 is 0 Å². The maximum absolute atomic E-state index is 4.38. The van der Waals surface area contributed by atoms with E-state index >= 15 is 0 Å². The topological polar surface area (TPSA) is 55.6 Å². The molecule has 1 aliphatic rings. The minimum Gasteiger partial charge on any atom is -0.368 e. The second-order valence-electron chi connectivity index (χ2n) is 5.06. The molecule has 2 aromatic rings. The van der Waals surface area contributed by atoms with Crippen LogP contribution in [0.4, 0.5) is 5.82 Å². The zero-order chi connectivity index (χ0) is 13.1. The van der Waals surface area contributed by atoms with Gasteiger partial charge in [-0.05, 0) is 38.2 Å². The molecule has 5 nitrogen and oxygen atoms in total. The maximum atomic E-state index is 4.38. The summed E-state index contributed by atoms with van der Waals surface area (Å²) in [5, 5.41) is 7.70. The molecule has 3 rings (SSSR count). The number of nitrogens with one attached hydrogen (secondary N) is 1. The van der Waals surface area contributed by atoms with Crippen molar-refractivity contribution in [1.29, 1.82) is 0 Å². The van der Waals surface area contributed by atoms with Gasteiger partial charge in [0.2, 0.25) is 0 Å². The van der Waals surface area contributed by atoms with E-state index in [0.29, 0.717) is 0 Å². The molecule has 0 atom stereocenters. The minimum absolute atomic E-state index is 0.838. The molecule has 0 saturated heterocycles. The van der Waals surface area contributed by atoms with Gasteiger partial charge in [-0.15, -0.1) is 0 Å². The zero-order valence-corrected chi connectivity index (χ0v) is 11.3. The highest BCUT2D eigenvalue weighted by molar-refractivity contribution is 5.46. The van der Waals surface area contributed by atoms with Crippen LogP contribution in [-0.2, 0) is 19.4 Å². The summed E-state index contributed by atoms with van der Waals surface area (Å²) >= 11 is 0. The van der Waals surface area contributed by atoms with Crippen LogP contribution in [0.5, 0.6) is 0 Å². The normalized spacial score (nSPS) is 14.2. The lowest BCUT2D eigenvalue weighted by Gasteiger charge is -2.17. The van der Waals surface area contributed by atoms with E-state index in [1.807, 2.05) is 10.9 Å². The molecule has 2 heterocycles. The van der Waals surface area contributed by atoms with Crippen LogP contribution in [0.15, 0.2) is 18.7 Å². The fourth-order valence-electron chi connectivity index (χ4n) is 2.55. The van der Waals surface area contributed by atoms with Gasteiger partial charge in [0, 0.05) is 24.0 Å². The van der Waals surface area contributed by atoms with Gasteiger partial charge in [0.15, 0.2) is 0 Å². The Kier molecular flexibility index (Phi) is 3.44. The van der Waals surface area contributed by atoms with Gasteiger partial charge in [-0.3, -0.25) is 4.68 Å². The van der Waals surface area contributed by atoms with E-state index in [1.165, 1.54) is 29.7 Å². The summed E-state index contributed by atoms with van der Waals surface area (Å²) < 4.78 is 1.95. The summed E-state index contributed by atoms with van der Waals surface area (Å²) in [6.07, 6.45) is 10.3. The van der Waals surface area contributed by atoms with Crippen LogP contribution in [0.1, 0.15) is 29.7 Å². The first-order valence-electron chi connectivity index (χ1n) is 6.88. The molecule has 2 aromatic heterocycles. The van der Waals surface area contributed by atoms with Gasteiger partial charge in [0.05, 0.1) is 12.7 Å². The first-order valence-corrected chi connectivity index (χ1v) is 6.88. The Labute approximate surface area is 113 Å². The van der Waals surface area contributed by atoms with Crippen molar-refractivity contribution in [1.82, 2.24) is 19.7 Å². The summed E-state index contributed by atoms with van der Waals surface area (Å²) in [6, 6.07) is 0. The summed E-state index contributed by atoms with van der Waals surface area (Å²) in [5.74, 6) is 1.01. The highest BCUT2D eigenvalue weighted by Gasteiger charge is 2.14. The van der Waals surface area contributed by atoms with E-state index in [0.717, 1.165) is 31.7 Å². The number of fused-ring (bicyclic) bond motifs is 1. The molecule has 0 amide bonds. The summed E-state index contributed by atoms with van der Waals surface area (Å²) in [6.45, 7) is 3.74. The number of hydrogen-bond acceptors (Lipinski definition) is 4. The third-order valence-corrected chi connectivity index (χ3v) is 3.52. The second-order valence-corrected chi connectivity index (χ2v) is 5.06. The minimum atomic E-state index is 0.838. The molecule has 1 N–H and O–H groups in total. The van der Waals surface area contributed by atoms with E-state index in [2.05, 4.69) is 33.5 Å². The molecule has 0 saturated carbocycles. The van der Waals surface area contributed by atoms with Crippen molar-refractivity contribution in [3.05, 3.63) is 35.5 Å². The third kappa shape index (κ3) is 2.75. The van der Waals surface area contributed by atoms with Crippen molar-refractivity contribution in [2.45, 2.75) is 39.2 Å². The van der Waals surface area contributed by atoms with Crippen LogP contribution in [0.2, 0.25) is 0 Å². The van der Waals surface area contributed by atoms with Crippen LogP contribution in [0.3, 0.4) is 0 Å². The van der Waals surface area contributed by atoms with Gasteiger partial charge >= 0.3 is 0 Å². The van der Waals surface area contributed by atoms with Crippen LogP contribution < -0.4 is 5.32 Å². The third-order valence-electron chi connectivity index (χ3n) is 3.52. The zero-order valence-electron chi connectivity index (χ0n) is 11.3. The average molecular weight is 257 g/mol. The molecule has 0 bridgehead atoms. The lowest BCUT2D eigenvalue weighted by molar-refractivity contribution is 0.632. The van der Waals surface area contributed by atoms with Gasteiger partial charge < -0.3 is 5.32 Å². The van der Waals surface area contributed by atoms with Crippen molar-refractivity contribution >= 4 is 5.82 Å². The fourth-order valence-corrected chi connectivity index (χ4v) is 2.55. The predicted molar refractivity (Wildman–Crippen MR) is 74.1 cm³/mol. The van der Waals surface area contributed by atoms with Crippen LogP contribution in [-0.4, -0.2) is 26.3 Å². The molecule has 1 aliphatic carbocycles. The quantitative estimate of drug-likeness (QED) is 0.910. The first kappa shape index (κ1) is 12.1. The van der Waals surface area contributed by atoms with E-state index in [9.17, 15) is 0 Å². The lowest BCUT2D eigenvalue weighted by atomic mass is 9.96. The number of aromatic nitrogens is 4. The molecular formula is C14H19N5. The molecular weight excluding hydrogens is 238 g/mol. The highest BCUT2D eigenvalue weighted by Crippen LogP contribution is 2.24. The van der Waals surface area contributed by atoms with E-state index in [4.69, 9.17) is 0 Å². The Morgan fingerprint density at radius 2 is 2.16 bits per heavy atom. The molecule has 0 radical (unpaired) electrons. The Morgan fingerprint density at radius 3 is 3.00 bits per heavy atom. The summed E-state index contributed by atoms with van der Waals surface area (Å²) in [4.78, 5) is 8.76. The van der Waals surface area contributed by atoms with E-state index < -0.39 is 0 Å².